The highest BCUT2D eigenvalue weighted by atomic mass is 16.3. The van der Waals surface area contributed by atoms with Crippen LogP contribution in [0.2, 0.25) is 0 Å². The van der Waals surface area contributed by atoms with Crippen molar-refractivity contribution < 1.29 is 9.21 Å². The van der Waals surface area contributed by atoms with Crippen molar-refractivity contribution in [1.29, 1.82) is 0 Å². The Balaban J connectivity index is 1.29. The molecule has 24 heavy (non-hydrogen) atoms. The van der Waals surface area contributed by atoms with E-state index in [9.17, 15) is 4.79 Å². The van der Waals surface area contributed by atoms with Crippen LogP contribution < -0.4 is 10.6 Å². The van der Waals surface area contributed by atoms with Crippen molar-refractivity contribution in [3.05, 3.63) is 59.6 Å². The van der Waals surface area contributed by atoms with Gasteiger partial charge in [0.2, 0.25) is 5.82 Å². The van der Waals surface area contributed by atoms with Crippen molar-refractivity contribution in [2.75, 3.05) is 0 Å². The second kappa shape index (κ2) is 6.19. The van der Waals surface area contributed by atoms with Gasteiger partial charge in [0.15, 0.2) is 5.76 Å². The van der Waals surface area contributed by atoms with Crippen LogP contribution in [0, 0.1) is 0 Å². The van der Waals surface area contributed by atoms with E-state index in [1.807, 2.05) is 12.1 Å². The lowest BCUT2D eigenvalue weighted by molar-refractivity contribution is 0.236. The van der Waals surface area contributed by atoms with E-state index in [1.54, 1.807) is 18.4 Å². The number of aromatic nitrogens is 3. The number of H-pyrrole nitrogens is 1. The van der Waals surface area contributed by atoms with Crippen LogP contribution in [0.4, 0.5) is 4.79 Å². The SMILES string of the molecule is O=C(NCc1nc(-c2ccco2)n[nH]1)NC1Cc2ccccc2C1. The number of aromatic amines is 1. The molecule has 0 atom stereocenters. The van der Waals surface area contributed by atoms with Gasteiger partial charge in [0, 0.05) is 6.04 Å². The van der Waals surface area contributed by atoms with E-state index in [0.29, 0.717) is 17.4 Å². The Hall–Kier alpha value is -3.09. The number of rotatable bonds is 4. The van der Waals surface area contributed by atoms with Crippen LogP contribution >= 0.6 is 0 Å². The Kier molecular flexibility index (Phi) is 3.74. The molecule has 122 valence electrons. The molecule has 0 fully saturated rings. The molecule has 2 heterocycles. The molecule has 2 amide bonds. The summed E-state index contributed by atoms with van der Waals surface area (Å²) in [5.41, 5.74) is 2.61. The van der Waals surface area contributed by atoms with E-state index in [1.165, 1.54) is 11.1 Å². The van der Waals surface area contributed by atoms with Crippen molar-refractivity contribution in [2.45, 2.75) is 25.4 Å². The zero-order valence-corrected chi connectivity index (χ0v) is 13.0. The Labute approximate surface area is 138 Å². The van der Waals surface area contributed by atoms with E-state index in [0.717, 1.165) is 12.8 Å². The average molecular weight is 323 g/mol. The molecule has 3 aromatic rings. The summed E-state index contributed by atoms with van der Waals surface area (Å²) in [6, 6.07) is 11.8. The van der Waals surface area contributed by atoms with Gasteiger partial charge in [-0.05, 0) is 36.1 Å². The predicted molar refractivity (Wildman–Crippen MR) is 87.1 cm³/mol. The van der Waals surface area contributed by atoms with Gasteiger partial charge in [0.25, 0.3) is 0 Å². The summed E-state index contributed by atoms with van der Waals surface area (Å²) in [5.74, 6) is 1.64. The Morgan fingerprint density at radius 3 is 2.71 bits per heavy atom. The molecule has 7 heteroatoms. The van der Waals surface area contributed by atoms with Crippen LogP contribution in [-0.4, -0.2) is 27.3 Å². The maximum absolute atomic E-state index is 12.1. The molecular weight excluding hydrogens is 306 g/mol. The smallest absolute Gasteiger partial charge is 0.315 e. The molecule has 1 aliphatic carbocycles. The van der Waals surface area contributed by atoms with E-state index in [4.69, 9.17) is 4.42 Å². The summed E-state index contributed by atoms with van der Waals surface area (Å²) >= 11 is 0. The monoisotopic (exact) mass is 323 g/mol. The standard InChI is InChI=1S/C17H17N5O2/c23-17(19-13-8-11-4-1-2-5-12(11)9-13)18-10-15-20-16(22-21-15)14-6-3-7-24-14/h1-7,13H,8-10H2,(H2,18,19,23)(H,20,21,22). The Morgan fingerprint density at radius 2 is 2.00 bits per heavy atom. The van der Waals surface area contributed by atoms with Gasteiger partial charge in [-0.2, -0.15) is 0 Å². The maximum atomic E-state index is 12.1. The second-order valence-electron chi connectivity index (χ2n) is 5.78. The topological polar surface area (TPSA) is 95.8 Å². The van der Waals surface area contributed by atoms with Crippen molar-refractivity contribution in [1.82, 2.24) is 25.8 Å². The number of urea groups is 1. The summed E-state index contributed by atoms with van der Waals surface area (Å²) in [6.07, 6.45) is 3.31. The fourth-order valence-corrected chi connectivity index (χ4v) is 2.95. The summed E-state index contributed by atoms with van der Waals surface area (Å²) in [7, 11) is 0. The third-order valence-corrected chi connectivity index (χ3v) is 4.08. The number of hydrogen-bond acceptors (Lipinski definition) is 4. The fraction of sp³-hybridized carbons (Fsp3) is 0.235. The zero-order valence-electron chi connectivity index (χ0n) is 13.0. The normalized spacial score (nSPS) is 13.7. The number of fused-ring (bicyclic) bond motifs is 1. The van der Waals surface area contributed by atoms with E-state index in [-0.39, 0.29) is 18.6 Å². The Morgan fingerprint density at radius 1 is 1.21 bits per heavy atom. The van der Waals surface area contributed by atoms with Crippen LogP contribution in [0.15, 0.2) is 47.1 Å². The first kappa shape index (κ1) is 14.5. The molecule has 0 saturated heterocycles. The lowest BCUT2D eigenvalue weighted by Crippen LogP contribution is -2.42. The fourth-order valence-electron chi connectivity index (χ4n) is 2.95. The van der Waals surface area contributed by atoms with Gasteiger partial charge in [-0.1, -0.05) is 24.3 Å². The lowest BCUT2D eigenvalue weighted by Gasteiger charge is -2.12. The van der Waals surface area contributed by atoms with Crippen LogP contribution in [0.1, 0.15) is 17.0 Å². The molecule has 7 nitrogen and oxygen atoms in total. The number of carbonyl (C=O) groups is 1. The molecule has 0 saturated carbocycles. The third-order valence-electron chi connectivity index (χ3n) is 4.08. The highest BCUT2D eigenvalue weighted by Crippen LogP contribution is 2.21. The van der Waals surface area contributed by atoms with Crippen molar-refractivity contribution in [2.24, 2.45) is 0 Å². The minimum Gasteiger partial charge on any atom is -0.461 e. The second-order valence-corrected chi connectivity index (χ2v) is 5.78. The molecular formula is C17H17N5O2. The van der Waals surface area contributed by atoms with Gasteiger partial charge in [-0.3, -0.25) is 5.10 Å². The molecule has 0 spiro atoms. The van der Waals surface area contributed by atoms with E-state index >= 15 is 0 Å². The number of furan rings is 1. The van der Waals surface area contributed by atoms with Crippen LogP contribution in [0.3, 0.4) is 0 Å². The van der Waals surface area contributed by atoms with Crippen LogP contribution in [0.5, 0.6) is 0 Å². The van der Waals surface area contributed by atoms with Gasteiger partial charge in [0.1, 0.15) is 5.82 Å². The molecule has 4 rings (SSSR count). The van der Waals surface area contributed by atoms with E-state index < -0.39 is 0 Å². The average Bonchev–Trinajstić information content (AvgIpc) is 3.31. The predicted octanol–water partition coefficient (Wildman–Crippen LogP) is 2.03. The largest absolute Gasteiger partial charge is 0.461 e. The first-order valence-electron chi connectivity index (χ1n) is 7.84. The molecule has 2 aromatic heterocycles. The first-order chi connectivity index (χ1) is 11.8. The minimum absolute atomic E-state index is 0.135. The highest BCUT2D eigenvalue weighted by Gasteiger charge is 2.22. The van der Waals surface area contributed by atoms with E-state index in [2.05, 4.69) is 37.9 Å². The minimum atomic E-state index is -0.205. The molecule has 0 aliphatic heterocycles. The number of nitrogens with one attached hydrogen (secondary N) is 3. The zero-order chi connectivity index (χ0) is 16.4. The summed E-state index contributed by atoms with van der Waals surface area (Å²) in [5, 5.41) is 12.7. The van der Waals surface area contributed by atoms with Crippen molar-refractivity contribution in [3.8, 4) is 11.6 Å². The molecule has 1 aliphatic rings. The summed E-state index contributed by atoms with van der Waals surface area (Å²) < 4.78 is 5.23. The van der Waals surface area contributed by atoms with Gasteiger partial charge in [0.05, 0.1) is 12.8 Å². The molecule has 0 radical (unpaired) electrons. The van der Waals surface area contributed by atoms with Crippen LogP contribution in [-0.2, 0) is 19.4 Å². The quantitative estimate of drug-likeness (QED) is 0.684. The molecule has 0 bridgehead atoms. The van der Waals surface area contributed by atoms with Crippen LogP contribution in [0.25, 0.3) is 11.6 Å². The van der Waals surface area contributed by atoms with Gasteiger partial charge < -0.3 is 15.1 Å². The van der Waals surface area contributed by atoms with Crippen molar-refractivity contribution >= 4 is 6.03 Å². The molecule has 3 N–H and O–H groups in total. The van der Waals surface area contributed by atoms with Gasteiger partial charge in [-0.25, -0.2) is 9.78 Å². The number of hydrogen-bond donors (Lipinski definition) is 3. The number of carbonyl (C=O) groups excluding carboxylic acids is 1. The molecule has 0 unspecified atom stereocenters. The van der Waals surface area contributed by atoms with Gasteiger partial charge in [-0.15, -0.1) is 5.10 Å². The van der Waals surface area contributed by atoms with Crippen molar-refractivity contribution in [3.63, 3.8) is 0 Å². The number of benzene rings is 1. The Bertz CT molecular complexity index is 815. The maximum Gasteiger partial charge on any atom is 0.315 e. The highest BCUT2D eigenvalue weighted by molar-refractivity contribution is 5.74. The number of amides is 2. The number of nitrogens with zero attached hydrogens (tertiary/aromatic N) is 2. The van der Waals surface area contributed by atoms with Gasteiger partial charge >= 0.3 is 6.03 Å². The lowest BCUT2D eigenvalue weighted by atomic mass is 10.1. The first-order valence-corrected chi connectivity index (χ1v) is 7.84. The third kappa shape index (κ3) is 3.01. The summed E-state index contributed by atoms with van der Waals surface area (Å²) in [4.78, 5) is 16.3. The summed E-state index contributed by atoms with van der Waals surface area (Å²) in [6.45, 7) is 0.277. The molecule has 1 aromatic carbocycles.